The first kappa shape index (κ1) is 79.5. The number of aliphatic carboxylic acids is 3. The SMILES string of the molecule is CN(CC(=O)[C@H](Cc1ccc(OS(=O)(=O)O)cc1)NCC(=O)COCCOCCCC(=O)COCCOCCNC(=O)CC[C@H](CC(=O)CCCCCCCCCCCCCCCCC(=O)O)C(=O)O)[C@H](CC(=O)O)C(=O)N(C)[C@@H](Cc1ccccc1)C(N)=O. The van der Waals surface area contributed by atoms with Crippen molar-refractivity contribution in [3.63, 3.8) is 0 Å². The van der Waals surface area contributed by atoms with Gasteiger partial charge in [0.2, 0.25) is 17.7 Å². The fourth-order valence-corrected chi connectivity index (χ4v) is 10.0. The number of hydrogen-bond acceptors (Lipinski definition) is 19. The zero-order valence-corrected chi connectivity index (χ0v) is 53.2. The van der Waals surface area contributed by atoms with E-state index in [4.69, 9.17) is 34.3 Å². The van der Waals surface area contributed by atoms with Gasteiger partial charge in [0, 0.05) is 58.7 Å². The number of amides is 3. The lowest BCUT2D eigenvalue weighted by Crippen LogP contribution is -2.55. The number of carbonyl (C=O) groups is 10. The van der Waals surface area contributed by atoms with Gasteiger partial charge >= 0.3 is 28.3 Å². The summed E-state index contributed by atoms with van der Waals surface area (Å²) in [6.45, 7) is -0.395. The quantitative estimate of drug-likeness (QED) is 0.0333. The number of primary amides is 1. The summed E-state index contributed by atoms with van der Waals surface area (Å²) >= 11 is 0. The van der Waals surface area contributed by atoms with Crippen LogP contribution in [-0.4, -0.2) is 202 Å². The third kappa shape index (κ3) is 39.5. The minimum atomic E-state index is -4.82. The first-order valence-corrected chi connectivity index (χ1v) is 32.4. The van der Waals surface area contributed by atoms with Gasteiger partial charge in [-0.05, 0) is 62.4 Å². The minimum absolute atomic E-state index is 0.0214. The van der Waals surface area contributed by atoms with Crippen LogP contribution in [0.5, 0.6) is 5.75 Å². The number of ether oxygens (including phenoxy) is 4. The minimum Gasteiger partial charge on any atom is -0.481 e. The maximum absolute atomic E-state index is 14.0. The predicted molar refractivity (Wildman–Crippen MR) is 331 cm³/mol. The van der Waals surface area contributed by atoms with E-state index in [1.165, 1.54) is 75.4 Å². The average molecular weight is 1290 g/mol. The smallest absolute Gasteiger partial charge is 0.446 e. The largest absolute Gasteiger partial charge is 0.481 e. The molecule has 0 spiro atoms. The van der Waals surface area contributed by atoms with Crippen LogP contribution in [0.4, 0.5) is 0 Å². The molecule has 0 fully saturated rings. The first-order valence-electron chi connectivity index (χ1n) is 31.1. The van der Waals surface area contributed by atoms with Crippen LogP contribution in [0.25, 0.3) is 0 Å². The van der Waals surface area contributed by atoms with Crippen LogP contribution in [0.2, 0.25) is 0 Å². The third-order valence-electron chi connectivity index (χ3n) is 14.7. The zero-order valence-electron chi connectivity index (χ0n) is 52.4. The maximum atomic E-state index is 14.0. The topological polar surface area (TPSA) is 388 Å². The highest BCUT2D eigenvalue weighted by Gasteiger charge is 2.35. The molecule has 8 N–H and O–H groups in total. The number of benzene rings is 2. The van der Waals surface area contributed by atoms with Crippen molar-refractivity contribution in [2.24, 2.45) is 11.7 Å². The molecule has 0 saturated heterocycles. The van der Waals surface area contributed by atoms with E-state index in [1.807, 2.05) is 0 Å². The monoisotopic (exact) mass is 1290 g/mol. The number of rotatable bonds is 58. The van der Waals surface area contributed by atoms with E-state index in [0.717, 1.165) is 62.7 Å². The van der Waals surface area contributed by atoms with Crippen molar-refractivity contribution in [1.29, 1.82) is 0 Å². The fraction of sp³-hybridized carbons (Fsp3) is 0.651. The van der Waals surface area contributed by atoms with Gasteiger partial charge in [0.1, 0.15) is 36.8 Å². The number of carbonyl (C=O) groups excluding carboxylic acids is 7. The van der Waals surface area contributed by atoms with E-state index in [9.17, 15) is 66.6 Å². The lowest BCUT2D eigenvalue weighted by Gasteiger charge is -2.33. The van der Waals surface area contributed by atoms with Crippen LogP contribution in [0.3, 0.4) is 0 Å². The Kier molecular flexibility index (Phi) is 41.8. The van der Waals surface area contributed by atoms with Gasteiger partial charge in [-0.3, -0.25) is 57.4 Å². The molecule has 506 valence electrons. The number of ketones is 4. The second-order valence-electron chi connectivity index (χ2n) is 22.4. The highest BCUT2D eigenvalue weighted by Crippen LogP contribution is 2.20. The Morgan fingerprint density at radius 3 is 1.62 bits per heavy atom. The molecule has 0 aliphatic heterocycles. The second-order valence-corrected chi connectivity index (χ2v) is 23.4. The van der Waals surface area contributed by atoms with Crippen LogP contribution >= 0.6 is 0 Å². The van der Waals surface area contributed by atoms with Crippen LogP contribution in [0.15, 0.2) is 54.6 Å². The standard InChI is InChI=1S/C63H97N5O21S/c1-67(56(42-60(76)77)62(79)68(2)55(61(64)78)40-47-21-16-15-17-22-47)44-57(72)54(39-48-26-29-53(30-27-48)89-90(82,83)84)66-43-52(71)46-88-37-35-85-33-20-24-51(70)45-87-38-36-86-34-32-65-58(73)31-28-49(63(80)81)41-50(69)23-18-13-11-9-7-5-3-4-6-8-10-12-14-19-25-59(74)75/h15-17,21-22,26-27,29-30,49,54-56,66H,3-14,18-20,23-25,28,31-46H2,1-2H3,(H2,64,78)(H,65,73)(H,74,75)(H,76,77)(H,80,81)(H,82,83,84)/t49-,54+,55+,56-/m1/s1. The van der Waals surface area contributed by atoms with Crippen molar-refractivity contribution >= 4 is 69.2 Å². The molecule has 0 aromatic heterocycles. The second kappa shape index (κ2) is 47.3. The highest BCUT2D eigenvalue weighted by atomic mass is 32.3. The summed E-state index contributed by atoms with van der Waals surface area (Å²) in [5.41, 5.74) is 6.83. The molecule has 4 atom stereocenters. The Morgan fingerprint density at radius 2 is 1.08 bits per heavy atom. The molecule has 2 rings (SSSR count). The third-order valence-corrected chi connectivity index (χ3v) is 15.1. The predicted octanol–water partition coefficient (Wildman–Crippen LogP) is 5.14. The molecule has 26 nitrogen and oxygen atoms in total. The van der Waals surface area contributed by atoms with Crippen molar-refractivity contribution in [1.82, 2.24) is 20.4 Å². The van der Waals surface area contributed by atoms with E-state index >= 15 is 0 Å². The maximum Gasteiger partial charge on any atom is 0.446 e. The van der Waals surface area contributed by atoms with Gasteiger partial charge in [0.05, 0.1) is 64.5 Å². The first-order chi connectivity index (χ1) is 42.9. The number of carboxylic acid groups (broad SMARTS) is 3. The van der Waals surface area contributed by atoms with Crippen LogP contribution < -0.4 is 20.6 Å². The van der Waals surface area contributed by atoms with E-state index in [-0.39, 0.29) is 134 Å². The molecule has 0 bridgehead atoms. The number of carboxylic acids is 3. The number of nitrogens with zero attached hydrogens (tertiary/aromatic N) is 2. The molecular weight excluding hydrogens is 1190 g/mol. The Hall–Kier alpha value is -6.59. The summed E-state index contributed by atoms with van der Waals surface area (Å²) in [5, 5.41) is 33.7. The van der Waals surface area contributed by atoms with Crippen LogP contribution in [0.1, 0.15) is 152 Å². The lowest BCUT2D eigenvalue weighted by molar-refractivity contribution is -0.148. The summed E-state index contributed by atoms with van der Waals surface area (Å²) in [4.78, 5) is 127. The molecule has 0 aliphatic carbocycles. The van der Waals surface area contributed by atoms with Gasteiger partial charge in [-0.2, -0.15) is 8.42 Å². The molecule has 0 unspecified atom stereocenters. The van der Waals surface area contributed by atoms with Crippen molar-refractivity contribution in [3.8, 4) is 5.75 Å². The summed E-state index contributed by atoms with van der Waals surface area (Å²) in [7, 11) is -2.14. The summed E-state index contributed by atoms with van der Waals surface area (Å²) in [6.07, 6.45) is 15.2. The molecule has 3 amide bonds. The van der Waals surface area contributed by atoms with E-state index in [0.29, 0.717) is 24.0 Å². The van der Waals surface area contributed by atoms with Gasteiger partial charge < -0.3 is 59.7 Å². The molecule has 0 heterocycles. The summed E-state index contributed by atoms with van der Waals surface area (Å²) in [5.74, 6) is -7.61. The molecule has 27 heteroatoms. The molecule has 2 aromatic carbocycles. The number of hydrogen-bond donors (Lipinski definition) is 7. The highest BCUT2D eigenvalue weighted by molar-refractivity contribution is 7.81. The Balaban J connectivity index is 1.63. The molecule has 0 saturated carbocycles. The summed E-state index contributed by atoms with van der Waals surface area (Å²) < 4.78 is 57.8. The Labute approximate surface area is 528 Å². The zero-order chi connectivity index (χ0) is 66.5. The number of Topliss-reactive ketones (excluding diaryl/α,β-unsaturated/α-hetero) is 4. The van der Waals surface area contributed by atoms with E-state index < -0.39 is 88.7 Å². The van der Waals surface area contributed by atoms with Gasteiger partial charge in [0.15, 0.2) is 17.3 Å². The number of unbranched alkanes of at least 4 members (excludes halogenated alkanes) is 13. The number of nitrogens with one attached hydrogen (secondary N) is 2. The van der Waals surface area contributed by atoms with Crippen molar-refractivity contribution in [2.45, 2.75) is 172 Å². The van der Waals surface area contributed by atoms with Crippen LogP contribution in [-0.2, 0) is 90.1 Å². The number of nitrogens with two attached hydrogens (primary N) is 1. The Bertz CT molecular complexity index is 2590. The van der Waals surface area contributed by atoms with Gasteiger partial charge in [-0.15, -0.1) is 0 Å². The van der Waals surface area contributed by atoms with Crippen molar-refractivity contribution < 1.29 is 99.4 Å². The van der Waals surface area contributed by atoms with Crippen molar-refractivity contribution in [2.75, 3.05) is 86.6 Å². The van der Waals surface area contributed by atoms with E-state index in [1.54, 1.807) is 30.3 Å². The van der Waals surface area contributed by atoms with Gasteiger partial charge in [-0.1, -0.05) is 120 Å². The van der Waals surface area contributed by atoms with Crippen LogP contribution in [0, 0.1) is 5.92 Å². The molecule has 0 radical (unpaired) electrons. The fourth-order valence-electron chi connectivity index (χ4n) is 9.67. The molecule has 2 aromatic rings. The number of likely N-dealkylation sites (N-methyl/N-ethyl adjacent to an activating group) is 2. The molecule has 90 heavy (non-hydrogen) atoms. The average Bonchev–Trinajstić information content (AvgIpc) is 2.92. The summed E-state index contributed by atoms with van der Waals surface area (Å²) in [6, 6.07) is 10.4. The lowest BCUT2D eigenvalue weighted by atomic mass is 9.94. The van der Waals surface area contributed by atoms with Crippen molar-refractivity contribution in [3.05, 3.63) is 65.7 Å². The normalized spacial score (nSPS) is 12.8. The van der Waals surface area contributed by atoms with Gasteiger partial charge in [0.25, 0.3) is 0 Å². The molecular formula is C63H97N5O21S. The van der Waals surface area contributed by atoms with E-state index in [2.05, 4.69) is 14.8 Å². The van der Waals surface area contributed by atoms with Gasteiger partial charge in [-0.25, -0.2) is 0 Å². The molecule has 0 aliphatic rings. The Morgan fingerprint density at radius 1 is 0.556 bits per heavy atom.